The van der Waals surface area contributed by atoms with E-state index in [0.717, 1.165) is 32.2 Å². The van der Waals surface area contributed by atoms with Crippen LogP contribution in [0, 0.1) is 11.8 Å². The van der Waals surface area contributed by atoms with Crippen LogP contribution in [0.15, 0.2) is 0 Å². The van der Waals surface area contributed by atoms with Gasteiger partial charge in [0.05, 0.1) is 5.92 Å². The number of rotatable bonds is 6. The predicted octanol–water partition coefficient (Wildman–Crippen LogP) is 1.79. The summed E-state index contributed by atoms with van der Waals surface area (Å²) in [5.74, 6) is -1.12. The molecule has 0 bridgehead atoms. The van der Waals surface area contributed by atoms with Crippen LogP contribution in [0.2, 0.25) is 0 Å². The molecule has 0 heterocycles. The second-order valence-corrected chi connectivity index (χ2v) is 4.54. The van der Waals surface area contributed by atoms with Crippen molar-refractivity contribution in [3.63, 3.8) is 0 Å². The molecule has 0 spiro atoms. The fraction of sp³-hybridized carbons (Fsp3) is 0.833. The molecule has 4 nitrogen and oxygen atoms in total. The molecule has 16 heavy (non-hydrogen) atoms. The van der Waals surface area contributed by atoms with Crippen LogP contribution in [0.5, 0.6) is 0 Å². The number of carbonyl (C=O) groups excluding carboxylic acids is 1. The van der Waals surface area contributed by atoms with E-state index in [1.807, 2.05) is 0 Å². The normalized spacial score (nSPS) is 24.3. The van der Waals surface area contributed by atoms with Crippen molar-refractivity contribution in [2.45, 2.75) is 45.4 Å². The number of aliphatic carboxylic acids is 1. The largest absolute Gasteiger partial charge is 0.481 e. The standard InChI is InChI=1S/C12H21NO3/c1-2-3-4-7-13-11(14)9-5-6-10(8-9)12(15)16/h9-10H,2-8H2,1H3,(H,13,14)(H,15,16). The molecule has 0 aromatic rings. The molecule has 0 radical (unpaired) electrons. The zero-order valence-electron chi connectivity index (χ0n) is 9.87. The van der Waals surface area contributed by atoms with Crippen LogP contribution in [0.4, 0.5) is 0 Å². The molecule has 0 aliphatic heterocycles. The fourth-order valence-electron chi connectivity index (χ4n) is 2.17. The lowest BCUT2D eigenvalue weighted by atomic mass is 10.0. The average molecular weight is 227 g/mol. The van der Waals surface area contributed by atoms with E-state index >= 15 is 0 Å². The number of carboxylic acids is 1. The molecule has 2 N–H and O–H groups in total. The maximum Gasteiger partial charge on any atom is 0.306 e. The Morgan fingerprint density at radius 2 is 1.94 bits per heavy atom. The molecule has 1 amide bonds. The lowest BCUT2D eigenvalue weighted by Crippen LogP contribution is -2.30. The first-order chi connectivity index (χ1) is 7.65. The Kier molecular flexibility index (Phi) is 5.29. The zero-order valence-corrected chi connectivity index (χ0v) is 9.87. The topological polar surface area (TPSA) is 66.4 Å². The first kappa shape index (κ1) is 13.0. The third kappa shape index (κ3) is 3.83. The number of unbranched alkanes of at least 4 members (excludes halogenated alkanes) is 2. The van der Waals surface area contributed by atoms with Gasteiger partial charge in [0.15, 0.2) is 0 Å². The van der Waals surface area contributed by atoms with Crippen molar-refractivity contribution >= 4 is 11.9 Å². The van der Waals surface area contributed by atoms with Gasteiger partial charge in [-0.3, -0.25) is 9.59 Å². The Hall–Kier alpha value is -1.06. The molecular formula is C12H21NO3. The summed E-state index contributed by atoms with van der Waals surface area (Å²) in [5.41, 5.74) is 0. The Balaban J connectivity index is 2.20. The number of carboxylic acid groups (broad SMARTS) is 1. The highest BCUT2D eigenvalue weighted by Gasteiger charge is 2.33. The SMILES string of the molecule is CCCCCNC(=O)C1CCC(C(=O)O)C1. The van der Waals surface area contributed by atoms with Crippen LogP contribution in [-0.2, 0) is 9.59 Å². The van der Waals surface area contributed by atoms with E-state index in [9.17, 15) is 9.59 Å². The van der Waals surface area contributed by atoms with Gasteiger partial charge < -0.3 is 10.4 Å². The minimum absolute atomic E-state index is 0.0415. The Morgan fingerprint density at radius 1 is 1.25 bits per heavy atom. The highest BCUT2D eigenvalue weighted by molar-refractivity contribution is 5.80. The number of amides is 1. The van der Waals surface area contributed by atoms with Crippen LogP contribution in [0.25, 0.3) is 0 Å². The average Bonchev–Trinajstić information content (AvgIpc) is 2.73. The first-order valence-electron chi connectivity index (χ1n) is 6.15. The number of hydrogen-bond donors (Lipinski definition) is 2. The van der Waals surface area contributed by atoms with Gasteiger partial charge in [-0.25, -0.2) is 0 Å². The van der Waals surface area contributed by atoms with E-state index < -0.39 is 5.97 Å². The van der Waals surface area contributed by atoms with Crippen molar-refractivity contribution in [1.29, 1.82) is 0 Å². The van der Waals surface area contributed by atoms with Crippen molar-refractivity contribution in [2.24, 2.45) is 11.8 Å². The van der Waals surface area contributed by atoms with Crippen LogP contribution in [0.3, 0.4) is 0 Å². The fourth-order valence-corrected chi connectivity index (χ4v) is 2.17. The van der Waals surface area contributed by atoms with Crippen molar-refractivity contribution < 1.29 is 14.7 Å². The summed E-state index contributed by atoms with van der Waals surface area (Å²) in [5, 5.41) is 11.7. The third-order valence-corrected chi connectivity index (χ3v) is 3.23. The highest BCUT2D eigenvalue weighted by atomic mass is 16.4. The second-order valence-electron chi connectivity index (χ2n) is 4.54. The lowest BCUT2D eigenvalue weighted by molar-refractivity contribution is -0.141. The van der Waals surface area contributed by atoms with E-state index in [4.69, 9.17) is 5.11 Å². The van der Waals surface area contributed by atoms with Crippen molar-refractivity contribution in [1.82, 2.24) is 5.32 Å². The smallest absolute Gasteiger partial charge is 0.306 e. The van der Waals surface area contributed by atoms with Gasteiger partial charge in [0.2, 0.25) is 5.91 Å². The zero-order chi connectivity index (χ0) is 12.0. The van der Waals surface area contributed by atoms with Gasteiger partial charge in [-0.1, -0.05) is 19.8 Å². The van der Waals surface area contributed by atoms with E-state index in [1.165, 1.54) is 0 Å². The lowest BCUT2D eigenvalue weighted by Gasteiger charge is -2.10. The molecule has 1 aliphatic rings. The summed E-state index contributed by atoms with van der Waals surface area (Å²) in [7, 11) is 0. The molecule has 0 saturated heterocycles. The van der Waals surface area contributed by atoms with Gasteiger partial charge >= 0.3 is 5.97 Å². The first-order valence-corrected chi connectivity index (χ1v) is 6.15. The Bertz CT molecular complexity index is 253. The van der Waals surface area contributed by atoms with E-state index in [2.05, 4.69) is 12.2 Å². The van der Waals surface area contributed by atoms with Crippen molar-refractivity contribution in [3.8, 4) is 0 Å². The molecule has 2 unspecified atom stereocenters. The minimum atomic E-state index is -0.763. The summed E-state index contributed by atoms with van der Waals surface area (Å²) in [4.78, 5) is 22.4. The van der Waals surface area contributed by atoms with Crippen molar-refractivity contribution in [3.05, 3.63) is 0 Å². The summed E-state index contributed by atoms with van der Waals surface area (Å²) in [6.07, 6.45) is 5.15. The van der Waals surface area contributed by atoms with E-state index in [-0.39, 0.29) is 17.7 Å². The van der Waals surface area contributed by atoms with E-state index in [0.29, 0.717) is 12.8 Å². The summed E-state index contributed by atoms with van der Waals surface area (Å²) in [6.45, 7) is 2.84. The minimum Gasteiger partial charge on any atom is -0.481 e. The molecule has 92 valence electrons. The molecular weight excluding hydrogens is 206 g/mol. The maximum atomic E-state index is 11.7. The molecule has 1 fully saturated rings. The molecule has 1 aliphatic carbocycles. The molecule has 2 atom stereocenters. The molecule has 0 aromatic carbocycles. The summed E-state index contributed by atoms with van der Waals surface area (Å²) >= 11 is 0. The van der Waals surface area contributed by atoms with Crippen LogP contribution < -0.4 is 5.32 Å². The highest BCUT2D eigenvalue weighted by Crippen LogP contribution is 2.30. The molecule has 1 saturated carbocycles. The summed E-state index contributed by atoms with van der Waals surface area (Å²) in [6, 6.07) is 0. The Morgan fingerprint density at radius 3 is 2.50 bits per heavy atom. The van der Waals surface area contributed by atoms with Gasteiger partial charge in [0.25, 0.3) is 0 Å². The number of hydrogen-bond acceptors (Lipinski definition) is 2. The predicted molar refractivity (Wildman–Crippen MR) is 61.0 cm³/mol. The Labute approximate surface area is 96.4 Å². The van der Waals surface area contributed by atoms with Gasteiger partial charge in [0.1, 0.15) is 0 Å². The molecule has 4 heteroatoms. The maximum absolute atomic E-state index is 11.7. The van der Waals surface area contributed by atoms with Gasteiger partial charge in [-0.05, 0) is 25.7 Å². The van der Waals surface area contributed by atoms with E-state index in [1.54, 1.807) is 0 Å². The molecule has 1 rings (SSSR count). The third-order valence-electron chi connectivity index (χ3n) is 3.23. The van der Waals surface area contributed by atoms with Crippen LogP contribution in [0.1, 0.15) is 45.4 Å². The van der Waals surface area contributed by atoms with Gasteiger partial charge in [0, 0.05) is 12.5 Å². The quantitative estimate of drug-likeness (QED) is 0.680. The van der Waals surface area contributed by atoms with Crippen LogP contribution in [-0.4, -0.2) is 23.5 Å². The van der Waals surface area contributed by atoms with Crippen molar-refractivity contribution in [2.75, 3.05) is 6.54 Å². The monoisotopic (exact) mass is 227 g/mol. The summed E-state index contributed by atoms with van der Waals surface area (Å²) < 4.78 is 0. The molecule has 0 aromatic heterocycles. The second kappa shape index (κ2) is 6.51. The number of carbonyl (C=O) groups is 2. The number of nitrogens with one attached hydrogen (secondary N) is 1. The van der Waals surface area contributed by atoms with Gasteiger partial charge in [-0.15, -0.1) is 0 Å². The van der Waals surface area contributed by atoms with Gasteiger partial charge in [-0.2, -0.15) is 0 Å². The van der Waals surface area contributed by atoms with Crippen LogP contribution >= 0.6 is 0 Å².